The van der Waals surface area contributed by atoms with Gasteiger partial charge in [-0.1, -0.05) is 36.5 Å². The largest absolute Gasteiger partial charge is 0.353 e. The molecule has 1 aliphatic rings. The maximum atomic E-state index is 5.03. The van der Waals surface area contributed by atoms with Gasteiger partial charge in [0.05, 0.1) is 0 Å². The summed E-state index contributed by atoms with van der Waals surface area (Å²) < 4.78 is 0.703. The molecule has 0 aromatic heterocycles. The molecule has 0 aliphatic carbocycles. The number of benzene rings is 1. The first-order valence-electron chi connectivity index (χ1n) is 4.32. The van der Waals surface area contributed by atoms with Gasteiger partial charge in [0.1, 0.15) is 4.32 Å². The standard InChI is InChI=1S/C10H11NS2/c12-10(13)11-6-5-8-3-1-2-4-9(8)7-11/h1-4H,5-7H2,(H,12,13). The molecule has 1 aromatic rings. The molecule has 0 saturated heterocycles. The van der Waals surface area contributed by atoms with E-state index in [1.165, 1.54) is 11.1 Å². The fraction of sp³-hybridized carbons (Fsp3) is 0.300. The molecule has 1 heterocycles. The number of rotatable bonds is 0. The zero-order chi connectivity index (χ0) is 9.26. The zero-order valence-corrected chi connectivity index (χ0v) is 8.94. The lowest BCUT2D eigenvalue weighted by Gasteiger charge is -2.28. The van der Waals surface area contributed by atoms with E-state index in [0.717, 1.165) is 19.5 Å². The number of thiol groups is 1. The lowest BCUT2D eigenvalue weighted by atomic mass is 10.0. The second-order valence-electron chi connectivity index (χ2n) is 3.22. The summed E-state index contributed by atoms with van der Waals surface area (Å²) in [5, 5.41) is 0. The van der Waals surface area contributed by atoms with Gasteiger partial charge in [-0.15, -0.1) is 12.6 Å². The van der Waals surface area contributed by atoms with Crippen molar-refractivity contribution in [3.8, 4) is 0 Å². The van der Waals surface area contributed by atoms with Crippen molar-refractivity contribution in [1.29, 1.82) is 0 Å². The van der Waals surface area contributed by atoms with Gasteiger partial charge in [-0.2, -0.15) is 0 Å². The fourth-order valence-corrected chi connectivity index (χ4v) is 1.99. The van der Waals surface area contributed by atoms with Gasteiger partial charge in [-0.3, -0.25) is 0 Å². The summed E-state index contributed by atoms with van der Waals surface area (Å²) in [6.07, 6.45) is 1.08. The third kappa shape index (κ3) is 1.86. The molecule has 0 unspecified atom stereocenters. The minimum Gasteiger partial charge on any atom is -0.353 e. The van der Waals surface area contributed by atoms with Crippen LogP contribution >= 0.6 is 24.8 Å². The zero-order valence-electron chi connectivity index (χ0n) is 7.23. The monoisotopic (exact) mass is 209 g/mol. The first-order valence-corrected chi connectivity index (χ1v) is 5.17. The molecule has 0 amide bonds. The number of nitrogens with zero attached hydrogens (tertiary/aromatic N) is 1. The lowest BCUT2D eigenvalue weighted by Crippen LogP contribution is -2.32. The Morgan fingerprint density at radius 1 is 1.31 bits per heavy atom. The molecule has 1 aliphatic heterocycles. The van der Waals surface area contributed by atoms with Crippen LogP contribution in [0.2, 0.25) is 0 Å². The molecule has 0 saturated carbocycles. The van der Waals surface area contributed by atoms with Crippen molar-refractivity contribution in [3.63, 3.8) is 0 Å². The molecule has 0 bridgehead atoms. The molecule has 0 fully saturated rings. The van der Waals surface area contributed by atoms with E-state index >= 15 is 0 Å². The van der Waals surface area contributed by atoms with Crippen molar-refractivity contribution in [3.05, 3.63) is 35.4 Å². The number of hydrogen-bond acceptors (Lipinski definition) is 1. The summed E-state index contributed by atoms with van der Waals surface area (Å²) in [4.78, 5) is 2.13. The van der Waals surface area contributed by atoms with Crippen molar-refractivity contribution in [2.24, 2.45) is 0 Å². The Kier molecular flexibility index (Phi) is 2.56. The van der Waals surface area contributed by atoms with E-state index in [9.17, 15) is 0 Å². The maximum Gasteiger partial charge on any atom is 0.133 e. The van der Waals surface area contributed by atoms with Crippen molar-refractivity contribution < 1.29 is 0 Å². The molecular formula is C10H11NS2. The van der Waals surface area contributed by atoms with Crippen molar-refractivity contribution in [2.45, 2.75) is 13.0 Å². The van der Waals surface area contributed by atoms with Gasteiger partial charge in [-0.05, 0) is 17.5 Å². The summed E-state index contributed by atoms with van der Waals surface area (Å²) in [6, 6.07) is 8.51. The quantitative estimate of drug-likeness (QED) is 0.516. The second-order valence-corrected chi connectivity index (χ2v) is 4.34. The van der Waals surface area contributed by atoms with Crippen molar-refractivity contribution in [1.82, 2.24) is 4.90 Å². The average molecular weight is 209 g/mol. The van der Waals surface area contributed by atoms with E-state index in [2.05, 4.69) is 41.8 Å². The molecular weight excluding hydrogens is 198 g/mol. The molecule has 13 heavy (non-hydrogen) atoms. The number of fused-ring (bicyclic) bond motifs is 1. The number of thiocarbonyl (C=S) groups is 1. The van der Waals surface area contributed by atoms with Gasteiger partial charge in [0, 0.05) is 13.1 Å². The van der Waals surface area contributed by atoms with E-state index in [1.54, 1.807) is 0 Å². The van der Waals surface area contributed by atoms with Gasteiger partial charge in [0.2, 0.25) is 0 Å². The predicted molar refractivity (Wildman–Crippen MR) is 62.1 cm³/mol. The minimum atomic E-state index is 0.703. The van der Waals surface area contributed by atoms with Crippen LogP contribution in [0.4, 0.5) is 0 Å². The third-order valence-corrected chi connectivity index (χ3v) is 2.94. The van der Waals surface area contributed by atoms with Crippen LogP contribution in [0.25, 0.3) is 0 Å². The molecule has 2 rings (SSSR count). The van der Waals surface area contributed by atoms with Crippen LogP contribution in [-0.4, -0.2) is 15.8 Å². The Bertz CT molecular complexity index is 335. The van der Waals surface area contributed by atoms with E-state index in [-0.39, 0.29) is 0 Å². The number of hydrogen-bond donors (Lipinski definition) is 1. The van der Waals surface area contributed by atoms with Crippen LogP contribution in [-0.2, 0) is 13.0 Å². The highest BCUT2D eigenvalue weighted by Crippen LogP contribution is 2.19. The highest BCUT2D eigenvalue weighted by molar-refractivity contribution is 8.10. The normalized spacial score (nSPS) is 15.3. The highest BCUT2D eigenvalue weighted by Gasteiger charge is 2.15. The van der Waals surface area contributed by atoms with Gasteiger partial charge in [0.15, 0.2) is 0 Å². The van der Waals surface area contributed by atoms with Gasteiger partial charge in [0.25, 0.3) is 0 Å². The summed E-state index contributed by atoms with van der Waals surface area (Å²) in [5.74, 6) is 0. The van der Waals surface area contributed by atoms with Gasteiger partial charge < -0.3 is 4.90 Å². The second kappa shape index (κ2) is 3.68. The lowest BCUT2D eigenvalue weighted by molar-refractivity contribution is 0.407. The van der Waals surface area contributed by atoms with Crippen LogP contribution in [0.15, 0.2) is 24.3 Å². The van der Waals surface area contributed by atoms with E-state index in [1.807, 2.05) is 0 Å². The third-order valence-electron chi connectivity index (χ3n) is 2.40. The molecule has 3 heteroatoms. The molecule has 0 N–H and O–H groups in total. The summed E-state index contributed by atoms with van der Waals surface area (Å²) >= 11 is 9.22. The topological polar surface area (TPSA) is 3.24 Å². The van der Waals surface area contributed by atoms with Gasteiger partial charge in [-0.25, -0.2) is 0 Å². The first-order chi connectivity index (χ1) is 6.27. The first kappa shape index (κ1) is 9.03. The van der Waals surface area contributed by atoms with E-state index < -0.39 is 0 Å². The summed E-state index contributed by atoms with van der Waals surface area (Å²) in [7, 11) is 0. The molecule has 1 nitrogen and oxygen atoms in total. The van der Waals surface area contributed by atoms with Crippen molar-refractivity contribution >= 4 is 29.2 Å². The Hall–Kier alpha value is -0.540. The Balaban J connectivity index is 2.24. The molecule has 0 radical (unpaired) electrons. The fourth-order valence-electron chi connectivity index (χ4n) is 1.66. The van der Waals surface area contributed by atoms with Crippen molar-refractivity contribution in [2.75, 3.05) is 6.54 Å². The van der Waals surface area contributed by atoms with Crippen LogP contribution in [0.1, 0.15) is 11.1 Å². The predicted octanol–water partition coefficient (Wildman–Crippen LogP) is 2.26. The minimum absolute atomic E-state index is 0.703. The molecule has 68 valence electrons. The van der Waals surface area contributed by atoms with Crippen LogP contribution in [0.3, 0.4) is 0 Å². The maximum absolute atomic E-state index is 5.03. The Morgan fingerprint density at radius 3 is 2.69 bits per heavy atom. The highest BCUT2D eigenvalue weighted by atomic mass is 32.1. The summed E-state index contributed by atoms with van der Waals surface area (Å²) in [5.41, 5.74) is 2.83. The molecule has 1 aromatic carbocycles. The van der Waals surface area contributed by atoms with Crippen LogP contribution in [0, 0.1) is 0 Å². The summed E-state index contributed by atoms with van der Waals surface area (Å²) in [6.45, 7) is 1.91. The average Bonchev–Trinajstić information content (AvgIpc) is 2.17. The molecule has 0 atom stereocenters. The van der Waals surface area contributed by atoms with Crippen LogP contribution in [0.5, 0.6) is 0 Å². The van der Waals surface area contributed by atoms with Gasteiger partial charge >= 0.3 is 0 Å². The van der Waals surface area contributed by atoms with E-state index in [0.29, 0.717) is 4.32 Å². The van der Waals surface area contributed by atoms with E-state index in [4.69, 9.17) is 12.2 Å². The Morgan fingerprint density at radius 2 is 2.00 bits per heavy atom. The smallest absolute Gasteiger partial charge is 0.133 e. The molecule has 0 spiro atoms. The SMILES string of the molecule is S=C(S)N1CCc2ccccc2C1. The Labute approximate surface area is 89.2 Å². The van der Waals surface area contributed by atoms with Crippen LogP contribution < -0.4 is 0 Å².